The molecule has 0 bridgehead atoms. The normalized spacial score (nSPS) is 11.7. The molecule has 36 heavy (non-hydrogen) atoms. The lowest BCUT2D eigenvalue weighted by molar-refractivity contribution is -0.113. The Bertz CT molecular complexity index is 1170. The molecule has 0 fully saturated rings. The van der Waals surface area contributed by atoms with Crippen molar-refractivity contribution in [3.8, 4) is 5.75 Å². The fraction of sp³-hybridized carbons (Fsp3) is 0.333. The molecule has 2 aromatic carbocycles. The molecular weight excluding hydrogens is 474 g/mol. The Morgan fingerprint density at radius 2 is 1.81 bits per heavy atom. The molecule has 2 amide bonds. The van der Waals surface area contributed by atoms with Gasteiger partial charge in [-0.15, -0.1) is 16.8 Å². The minimum absolute atomic E-state index is 0.0483. The first-order chi connectivity index (χ1) is 17.4. The fourth-order valence-electron chi connectivity index (χ4n) is 3.58. The molecule has 1 aromatic heterocycles. The van der Waals surface area contributed by atoms with Gasteiger partial charge in [0.15, 0.2) is 11.0 Å². The van der Waals surface area contributed by atoms with Gasteiger partial charge in [0.2, 0.25) is 5.91 Å². The Balaban J connectivity index is 1.72. The number of methoxy groups -OCH3 is 1. The third kappa shape index (κ3) is 6.97. The minimum atomic E-state index is -0.382. The predicted molar refractivity (Wildman–Crippen MR) is 143 cm³/mol. The number of thioether (sulfide) groups is 1. The van der Waals surface area contributed by atoms with Crippen molar-refractivity contribution >= 4 is 29.3 Å². The highest BCUT2D eigenvalue weighted by Gasteiger charge is 2.26. The van der Waals surface area contributed by atoms with E-state index in [0.29, 0.717) is 28.8 Å². The van der Waals surface area contributed by atoms with Gasteiger partial charge in [0.25, 0.3) is 5.91 Å². The van der Waals surface area contributed by atoms with Gasteiger partial charge in [-0.05, 0) is 54.3 Å². The van der Waals surface area contributed by atoms with Crippen LogP contribution >= 0.6 is 11.8 Å². The average molecular weight is 508 g/mol. The van der Waals surface area contributed by atoms with E-state index in [2.05, 4.69) is 34.3 Å². The van der Waals surface area contributed by atoms with Crippen molar-refractivity contribution in [2.24, 2.45) is 5.92 Å². The molecule has 0 aliphatic rings. The number of anilines is 1. The maximum absolute atomic E-state index is 12.9. The Hall–Kier alpha value is -3.59. The van der Waals surface area contributed by atoms with Crippen LogP contribution in [0.15, 0.2) is 66.3 Å². The van der Waals surface area contributed by atoms with E-state index in [0.717, 1.165) is 12.1 Å². The number of benzene rings is 2. The van der Waals surface area contributed by atoms with Crippen LogP contribution in [0.2, 0.25) is 0 Å². The van der Waals surface area contributed by atoms with E-state index in [1.54, 1.807) is 37.5 Å². The van der Waals surface area contributed by atoms with Crippen molar-refractivity contribution in [1.82, 2.24) is 20.1 Å². The van der Waals surface area contributed by atoms with E-state index < -0.39 is 0 Å². The van der Waals surface area contributed by atoms with Gasteiger partial charge in [-0.1, -0.05) is 50.7 Å². The standard InChI is InChI=1S/C27H33N5O3S/c1-6-16-32-25(24(18(3)4)29-26(34)20-10-14-22(35-5)15-11-20)30-31-27(32)36-17-23(33)28-21-12-8-19(7-2)9-13-21/h6,8-15,18,24H,1,7,16-17H2,2-5H3,(H,28,33)(H,29,34)/t24-/m0/s1. The van der Waals surface area contributed by atoms with Gasteiger partial charge in [-0.25, -0.2) is 0 Å². The largest absolute Gasteiger partial charge is 0.497 e. The highest BCUT2D eigenvalue weighted by molar-refractivity contribution is 7.99. The molecule has 0 aliphatic heterocycles. The second-order valence-electron chi connectivity index (χ2n) is 8.55. The third-order valence-electron chi connectivity index (χ3n) is 5.62. The van der Waals surface area contributed by atoms with Gasteiger partial charge in [-0.2, -0.15) is 0 Å². The molecule has 0 saturated heterocycles. The molecule has 2 N–H and O–H groups in total. The van der Waals surface area contributed by atoms with Crippen LogP contribution in [-0.4, -0.2) is 39.4 Å². The number of ether oxygens (including phenoxy) is 1. The zero-order chi connectivity index (χ0) is 26.1. The molecule has 0 spiro atoms. The van der Waals surface area contributed by atoms with Gasteiger partial charge in [0.05, 0.1) is 18.9 Å². The van der Waals surface area contributed by atoms with Crippen LogP contribution in [0.5, 0.6) is 5.75 Å². The van der Waals surface area contributed by atoms with E-state index in [9.17, 15) is 9.59 Å². The average Bonchev–Trinajstić information content (AvgIpc) is 3.28. The highest BCUT2D eigenvalue weighted by atomic mass is 32.2. The van der Waals surface area contributed by atoms with Crippen LogP contribution in [0, 0.1) is 5.92 Å². The quantitative estimate of drug-likeness (QED) is 0.267. The Morgan fingerprint density at radius 3 is 2.39 bits per heavy atom. The number of rotatable bonds is 12. The Kier molecular flexibility index (Phi) is 9.69. The van der Waals surface area contributed by atoms with Crippen molar-refractivity contribution in [2.45, 2.75) is 44.9 Å². The summed E-state index contributed by atoms with van der Waals surface area (Å²) in [6, 6.07) is 14.4. The van der Waals surface area contributed by atoms with E-state index in [1.807, 2.05) is 42.7 Å². The first kappa shape index (κ1) is 27.0. The summed E-state index contributed by atoms with van der Waals surface area (Å²) >= 11 is 1.29. The molecule has 8 nitrogen and oxygen atoms in total. The highest BCUT2D eigenvalue weighted by Crippen LogP contribution is 2.26. The molecular formula is C27H33N5O3S. The SMILES string of the molecule is C=CCn1c(SCC(=O)Nc2ccc(CC)cc2)nnc1[C@@H](NC(=O)c1ccc(OC)cc1)C(C)C. The topological polar surface area (TPSA) is 98.1 Å². The number of aromatic nitrogens is 3. The lowest BCUT2D eigenvalue weighted by Crippen LogP contribution is -2.33. The zero-order valence-electron chi connectivity index (χ0n) is 21.2. The van der Waals surface area contributed by atoms with Crippen molar-refractivity contribution in [2.75, 3.05) is 18.2 Å². The number of hydrogen-bond donors (Lipinski definition) is 2. The van der Waals surface area contributed by atoms with Crippen LogP contribution in [-0.2, 0) is 17.8 Å². The molecule has 0 unspecified atom stereocenters. The number of carbonyl (C=O) groups excluding carboxylic acids is 2. The zero-order valence-corrected chi connectivity index (χ0v) is 22.0. The number of aryl methyl sites for hydroxylation is 1. The van der Waals surface area contributed by atoms with Crippen LogP contribution in [0.3, 0.4) is 0 Å². The van der Waals surface area contributed by atoms with Gasteiger partial charge in [0.1, 0.15) is 5.75 Å². The molecule has 0 radical (unpaired) electrons. The number of carbonyl (C=O) groups is 2. The van der Waals surface area contributed by atoms with Gasteiger partial charge < -0.3 is 19.9 Å². The Morgan fingerprint density at radius 1 is 1.11 bits per heavy atom. The Labute approximate surface area is 216 Å². The van der Waals surface area contributed by atoms with Gasteiger partial charge >= 0.3 is 0 Å². The first-order valence-electron chi connectivity index (χ1n) is 11.9. The van der Waals surface area contributed by atoms with Crippen LogP contribution in [0.25, 0.3) is 0 Å². The molecule has 190 valence electrons. The van der Waals surface area contributed by atoms with Crippen LogP contribution in [0.1, 0.15) is 48.6 Å². The number of allylic oxidation sites excluding steroid dienone is 1. The van der Waals surface area contributed by atoms with Crippen molar-refractivity contribution in [3.63, 3.8) is 0 Å². The van der Waals surface area contributed by atoms with Gasteiger partial charge in [0, 0.05) is 17.8 Å². The summed E-state index contributed by atoms with van der Waals surface area (Å²) in [5, 5.41) is 15.3. The number of hydrogen-bond acceptors (Lipinski definition) is 6. The van der Waals surface area contributed by atoms with E-state index in [-0.39, 0.29) is 29.5 Å². The van der Waals surface area contributed by atoms with Crippen LogP contribution in [0.4, 0.5) is 5.69 Å². The maximum atomic E-state index is 12.9. The number of amides is 2. The number of nitrogens with one attached hydrogen (secondary N) is 2. The van der Waals surface area contributed by atoms with E-state index >= 15 is 0 Å². The van der Waals surface area contributed by atoms with E-state index in [4.69, 9.17) is 4.74 Å². The third-order valence-corrected chi connectivity index (χ3v) is 6.59. The lowest BCUT2D eigenvalue weighted by Gasteiger charge is -2.22. The first-order valence-corrected chi connectivity index (χ1v) is 12.8. The summed E-state index contributed by atoms with van der Waals surface area (Å²) in [6.45, 7) is 10.4. The predicted octanol–water partition coefficient (Wildman–Crippen LogP) is 4.89. The fourth-order valence-corrected chi connectivity index (χ4v) is 4.34. The molecule has 1 heterocycles. The molecule has 3 rings (SSSR count). The number of nitrogens with zero attached hydrogens (tertiary/aromatic N) is 3. The van der Waals surface area contributed by atoms with Crippen LogP contribution < -0.4 is 15.4 Å². The monoisotopic (exact) mass is 507 g/mol. The lowest BCUT2D eigenvalue weighted by atomic mass is 10.0. The molecule has 0 saturated carbocycles. The minimum Gasteiger partial charge on any atom is -0.497 e. The van der Waals surface area contributed by atoms with Crippen molar-refractivity contribution < 1.29 is 14.3 Å². The summed E-state index contributed by atoms with van der Waals surface area (Å²) in [5.74, 6) is 1.17. The van der Waals surface area contributed by atoms with E-state index in [1.165, 1.54) is 17.3 Å². The second-order valence-corrected chi connectivity index (χ2v) is 9.49. The smallest absolute Gasteiger partial charge is 0.251 e. The van der Waals surface area contributed by atoms with Crippen molar-refractivity contribution in [3.05, 3.63) is 78.1 Å². The summed E-state index contributed by atoms with van der Waals surface area (Å²) in [5.41, 5.74) is 2.49. The molecule has 1 atom stereocenters. The molecule has 3 aromatic rings. The van der Waals surface area contributed by atoms with Gasteiger partial charge in [-0.3, -0.25) is 9.59 Å². The summed E-state index contributed by atoms with van der Waals surface area (Å²) in [7, 11) is 1.58. The maximum Gasteiger partial charge on any atom is 0.251 e. The molecule has 9 heteroatoms. The van der Waals surface area contributed by atoms with Crippen molar-refractivity contribution in [1.29, 1.82) is 0 Å². The summed E-state index contributed by atoms with van der Waals surface area (Å²) in [4.78, 5) is 25.5. The molecule has 0 aliphatic carbocycles. The second kappa shape index (κ2) is 12.9. The summed E-state index contributed by atoms with van der Waals surface area (Å²) < 4.78 is 7.06. The summed E-state index contributed by atoms with van der Waals surface area (Å²) in [6.07, 6.45) is 2.69.